The number of hydrogen-bond donors (Lipinski definition) is 2. The van der Waals surface area contributed by atoms with Crippen molar-refractivity contribution < 1.29 is 14.4 Å². The number of carbonyl (C=O) groups is 3. The smallest absolute Gasteiger partial charge is 0.233 e. The van der Waals surface area contributed by atoms with Crippen molar-refractivity contribution in [2.75, 3.05) is 5.32 Å². The molecule has 2 fully saturated rings. The molecule has 23 heavy (non-hydrogen) atoms. The molecule has 0 spiro atoms. The number of carbonyl (C=O) groups excluding carboxylic acids is 3. The Kier molecular flexibility index (Phi) is 3.89. The van der Waals surface area contributed by atoms with Gasteiger partial charge in [-0.2, -0.15) is 0 Å². The summed E-state index contributed by atoms with van der Waals surface area (Å²) in [6.07, 6.45) is 1.15. The van der Waals surface area contributed by atoms with E-state index in [-0.39, 0.29) is 30.1 Å². The Morgan fingerprint density at radius 3 is 2.39 bits per heavy atom. The van der Waals surface area contributed by atoms with Crippen LogP contribution in [0.25, 0.3) is 0 Å². The summed E-state index contributed by atoms with van der Waals surface area (Å²) in [6.45, 7) is 1.73. The third-order valence-electron chi connectivity index (χ3n) is 4.52. The molecule has 1 heterocycles. The maximum absolute atomic E-state index is 12.2. The van der Waals surface area contributed by atoms with Gasteiger partial charge in [0, 0.05) is 12.1 Å². The van der Waals surface area contributed by atoms with Gasteiger partial charge in [0.2, 0.25) is 17.7 Å². The lowest BCUT2D eigenvalue weighted by Gasteiger charge is -2.13. The summed E-state index contributed by atoms with van der Waals surface area (Å²) in [6, 6.07) is 7.18. The van der Waals surface area contributed by atoms with Crippen molar-refractivity contribution >= 4 is 46.6 Å². The third-order valence-corrected chi connectivity index (χ3v) is 5.62. The summed E-state index contributed by atoms with van der Waals surface area (Å²) in [5.74, 6) is -0.987. The second kappa shape index (κ2) is 5.49. The predicted octanol–water partition coefficient (Wildman–Crippen LogP) is 2.41. The maximum Gasteiger partial charge on any atom is 0.233 e. The number of benzene rings is 1. The van der Waals surface area contributed by atoms with E-state index in [1.165, 1.54) is 0 Å². The number of imide groups is 1. The van der Waals surface area contributed by atoms with Crippen LogP contribution in [-0.2, 0) is 20.8 Å². The Balaban J connectivity index is 1.61. The van der Waals surface area contributed by atoms with E-state index in [4.69, 9.17) is 23.2 Å². The second-order valence-corrected chi connectivity index (χ2v) is 7.87. The zero-order valence-corrected chi connectivity index (χ0v) is 14.0. The van der Waals surface area contributed by atoms with Gasteiger partial charge in [-0.3, -0.25) is 19.7 Å². The van der Waals surface area contributed by atoms with Gasteiger partial charge in [-0.1, -0.05) is 12.1 Å². The van der Waals surface area contributed by atoms with Crippen molar-refractivity contribution in [2.24, 2.45) is 11.3 Å². The Hall–Kier alpha value is -1.59. The third kappa shape index (κ3) is 3.08. The molecule has 1 saturated carbocycles. The average Bonchev–Trinajstić information content (AvgIpc) is 2.83. The fourth-order valence-electron chi connectivity index (χ4n) is 2.70. The van der Waals surface area contributed by atoms with Gasteiger partial charge in [0.1, 0.15) is 4.33 Å². The minimum Gasteiger partial charge on any atom is -0.326 e. The topological polar surface area (TPSA) is 75.3 Å². The van der Waals surface area contributed by atoms with Crippen LogP contribution in [0.4, 0.5) is 5.69 Å². The SMILES string of the molecule is C[C@@]1(C(=O)Nc2ccc(C[C@@H]3CC(=O)NC3=O)cc2)CC1(Cl)Cl. The summed E-state index contributed by atoms with van der Waals surface area (Å²) in [4.78, 5) is 34.9. The number of hydrogen-bond acceptors (Lipinski definition) is 3. The van der Waals surface area contributed by atoms with E-state index in [2.05, 4.69) is 10.6 Å². The van der Waals surface area contributed by atoms with Crippen LogP contribution in [0, 0.1) is 11.3 Å². The number of halogens is 2. The molecule has 1 aliphatic heterocycles. The molecule has 3 rings (SSSR count). The molecule has 1 aromatic rings. The standard InChI is InChI=1S/C16H16Cl2N2O3/c1-15(8-16(15,17)18)14(23)19-11-4-2-9(3-5-11)6-10-7-12(21)20-13(10)22/h2-5,10H,6-8H2,1H3,(H,19,23)(H,20,21,22)/t10-,15+/m1/s1. The van der Waals surface area contributed by atoms with Crippen molar-refractivity contribution in [1.82, 2.24) is 5.32 Å². The van der Waals surface area contributed by atoms with Gasteiger partial charge in [-0.15, -0.1) is 23.2 Å². The van der Waals surface area contributed by atoms with Crippen LogP contribution in [0.3, 0.4) is 0 Å². The number of alkyl halides is 2. The zero-order chi connectivity index (χ0) is 16.8. The van der Waals surface area contributed by atoms with Crippen molar-refractivity contribution in [2.45, 2.75) is 30.5 Å². The molecular weight excluding hydrogens is 339 g/mol. The quantitative estimate of drug-likeness (QED) is 0.643. The lowest BCUT2D eigenvalue weighted by molar-refractivity contribution is -0.126. The van der Waals surface area contributed by atoms with Crippen LogP contribution in [-0.4, -0.2) is 22.1 Å². The molecule has 0 unspecified atom stereocenters. The molecule has 2 atom stereocenters. The normalized spacial score (nSPS) is 28.4. The van der Waals surface area contributed by atoms with E-state index < -0.39 is 9.75 Å². The highest BCUT2D eigenvalue weighted by molar-refractivity contribution is 6.53. The van der Waals surface area contributed by atoms with Gasteiger partial charge >= 0.3 is 0 Å². The first-order valence-corrected chi connectivity index (χ1v) is 8.09. The highest BCUT2D eigenvalue weighted by Crippen LogP contribution is 2.64. The van der Waals surface area contributed by atoms with Crippen LogP contribution in [0.2, 0.25) is 0 Å². The van der Waals surface area contributed by atoms with E-state index in [0.29, 0.717) is 18.5 Å². The number of rotatable bonds is 4. The maximum atomic E-state index is 12.2. The van der Waals surface area contributed by atoms with E-state index in [0.717, 1.165) is 5.56 Å². The van der Waals surface area contributed by atoms with Crippen molar-refractivity contribution in [3.05, 3.63) is 29.8 Å². The van der Waals surface area contributed by atoms with Gasteiger partial charge < -0.3 is 5.32 Å². The predicted molar refractivity (Wildman–Crippen MR) is 87.2 cm³/mol. The zero-order valence-electron chi connectivity index (χ0n) is 12.5. The number of nitrogens with one attached hydrogen (secondary N) is 2. The lowest BCUT2D eigenvalue weighted by Crippen LogP contribution is -2.25. The fourth-order valence-corrected chi connectivity index (χ4v) is 3.40. The van der Waals surface area contributed by atoms with Crippen molar-refractivity contribution in [3.8, 4) is 0 Å². The molecular formula is C16H16Cl2N2O3. The fraction of sp³-hybridized carbons (Fsp3) is 0.438. The summed E-state index contributed by atoms with van der Waals surface area (Å²) < 4.78 is -1.00. The van der Waals surface area contributed by atoms with Crippen LogP contribution < -0.4 is 10.6 Å². The van der Waals surface area contributed by atoms with E-state index in [1.54, 1.807) is 19.1 Å². The van der Waals surface area contributed by atoms with Crippen LogP contribution >= 0.6 is 23.2 Å². The summed E-state index contributed by atoms with van der Waals surface area (Å²) in [5, 5.41) is 5.09. The Bertz CT molecular complexity index is 687. The molecule has 1 aromatic carbocycles. The molecule has 0 aromatic heterocycles. The first-order chi connectivity index (χ1) is 10.7. The second-order valence-electron chi connectivity index (χ2n) is 6.38. The molecule has 1 saturated heterocycles. The van der Waals surface area contributed by atoms with Crippen LogP contribution in [0.5, 0.6) is 0 Å². The molecule has 2 N–H and O–H groups in total. The van der Waals surface area contributed by atoms with Crippen LogP contribution in [0.15, 0.2) is 24.3 Å². The molecule has 0 radical (unpaired) electrons. The van der Waals surface area contributed by atoms with Gasteiger partial charge in [0.25, 0.3) is 0 Å². The van der Waals surface area contributed by atoms with Gasteiger partial charge in [0.05, 0.1) is 11.3 Å². The first kappa shape index (κ1) is 16.3. The van der Waals surface area contributed by atoms with Gasteiger partial charge in [0.15, 0.2) is 0 Å². The van der Waals surface area contributed by atoms with Gasteiger partial charge in [-0.25, -0.2) is 0 Å². The molecule has 3 amide bonds. The number of amides is 3. The van der Waals surface area contributed by atoms with E-state index in [1.807, 2.05) is 12.1 Å². The Labute approximate surface area is 143 Å². The average molecular weight is 355 g/mol. The molecule has 1 aliphatic carbocycles. The molecule has 122 valence electrons. The molecule has 0 bridgehead atoms. The summed E-state index contributed by atoms with van der Waals surface area (Å²) in [5.41, 5.74) is 0.805. The highest BCUT2D eigenvalue weighted by Gasteiger charge is 2.67. The van der Waals surface area contributed by atoms with Gasteiger partial charge in [-0.05, 0) is 37.5 Å². The minimum atomic E-state index is -1.00. The van der Waals surface area contributed by atoms with Crippen molar-refractivity contribution in [3.63, 3.8) is 0 Å². The number of anilines is 1. The molecule has 5 nitrogen and oxygen atoms in total. The van der Waals surface area contributed by atoms with Crippen molar-refractivity contribution in [1.29, 1.82) is 0 Å². The lowest BCUT2D eigenvalue weighted by atomic mass is 9.98. The van der Waals surface area contributed by atoms with E-state index >= 15 is 0 Å². The highest BCUT2D eigenvalue weighted by atomic mass is 35.5. The van der Waals surface area contributed by atoms with E-state index in [9.17, 15) is 14.4 Å². The Morgan fingerprint density at radius 1 is 1.30 bits per heavy atom. The summed E-state index contributed by atoms with van der Waals surface area (Å²) >= 11 is 12.0. The monoisotopic (exact) mass is 354 g/mol. The van der Waals surface area contributed by atoms with Crippen LogP contribution in [0.1, 0.15) is 25.3 Å². The molecule has 7 heteroatoms. The first-order valence-electron chi connectivity index (χ1n) is 7.33. The molecule has 2 aliphatic rings. The minimum absolute atomic E-state index is 0.212. The largest absolute Gasteiger partial charge is 0.326 e. The summed E-state index contributed by atoms with van der Waals surface area (Å²) in [7, 11) is 0. The Morgan fingerprint density at radius 2 is 1.91 bits per heavy atom.